The highest BCUT2D eigenvalue weighted by Crippen LogP contribution is 2.12. The maximum Gasteiger partial charge on any atom is 0.335 e. The fourth-order valence-corrected chi connectivity index (χ4v) is 2.18. The summed E-state index contributed by atoms with van der Waals surface area (Å²) in [5.74, 6) is -0.984. The van der Waals surface area contributed by atoms with E-state index in [2.05, 4.69) is 0 Å². The van der Waals surface area contributed by atoms with Crippen molar-refractivity contribution in [3.63, 3.8) is 0 Å². The molecular weight excluding hydrogens is 324 g/mol. The van der Waals surface area contributed by atoms with Gasteiger partial charge in [-0.2, -0.15) is 8.42 Å². The fraction of sp³-hybridized carbons (Fsp3) is 0. The molecule has 120 valence electrons. The zero-order chi connectivity index (χ0) is 17.5. The zero-order valence-electron chi connectivity index (χ0n) is 11.6. The number of hydrogen-bond acceptors (Lipinski definition) is 5. The molecule has 2 aromatic carbocycles. The predicted molar refractivity (Wildman–Crippen MR) is 80.4 cm³/mol. The van der Waals surface area contributed by atoms with Gasteiger partial charge in [-0.15, -0.1) is 0 Å². The predicted octanol–water partition coefficient (Wildman–Crippen LogP) is 1.94. The number of benzene rings is 2. The number of rotatable bonds is 4. The molecule has 0 spiro atoms. The molecule has 23 heavy (non-hydrogen) atoms. The second-order valence-corrected chi connectivity index (χ2v) is 5.57. The second-order valence-electron chi connectivity index (χ2n) is 4.18. The molecule has 0 saturated heterocycles. The number of aldehydes is 2. The van der Waals surface area contributed by atoms with Crippen molar-refractivity contribution in [1.29, 1.82) is 0 Å². The number of carboxylic acid groups (broad SMARTS) is 1. The third-order valence-electron chi connectivity index (χ3n) is 2.62. The van der Waals surface area contributed by atoms with E-state index in [1.807, 2.05) is 0 Å². The average Bonchev–Trinajstić information content (AvgIpc) is 2.54. The van der Waals surface area contributed by atoms with Gasteiger partial charge in [0, 0.05) is 11.1 Å². The second kappa shape index (κ2) is 7.97. The largest absolute Gasteiger partial charge is 0.478 e. The zero-order valence-corrected chi connectivity index (χ0v) is 12.4. The minimum Gasteiger partial charge on any atom is -0.478 e. The summed E-state index contributed by atoms with van der Waals surface area (Å²) in [6.07, 6.45) is 1.05. The molecular formula is C15H12O7S. The summed E-state index contributed by atoms with van der Waals surface area (Å²) in [6.45, 7) is 0. The van der Waals surface area contributed by atoms with Crippen LogP contribution in [0.15, 0.2) is 53.4 Å². The number of carbonyl (C=O) groups is 3. The monoisotopic (exact) mass is 336 g/mol. The van der Waals surface area contributed by atoms with Gasteiger partial charge in [0.15, 0.2) is 6.29 Å². The van der Waals surface area contributed by atoms with Crippen LogP contribution in [0.3, 0.4) is 0 Å². The van der Waals surface area contributed by atoms with Crippen LogP contribution in [0.25, 0.3) is 0 Å². The highest BCUT2D eigenvalue weighted by Gasteiger charge is 2.13. The first-order chi connectivity index (χ1) is 10.8. The SMILES string of the molecule is O=Cc1ccc(C(=O)O)cc1.O=Cc1ccccc1S(=O)(=O)O. The van der Waals surface area contributed by atoms with Crippen LogP contribution >= 0.6 is 0 Å². The molecule has 2 N–H and O–H groups in total. The van der Waals surface area contributed by atoms with Crippen molar-refractivity contribution in [3.8, 4) is 0 Å². The van der Waals surface area contributed by atoms with Gasteiger partial charge in [0.1, 0.15) is 11.2 Å². The molecule has 8 heteroatoms. The van der Waals surface area contributed by atoms with Gasteiger partial charge in [-0.05, 0) is 18.2 Å². The van der Waals surface area contributed by atoms with Crippen LogP contribution in [-0.4, -0.2) is 36.6 Å². The van der Waals surface area contributed by atoms with E-state index >= 15 is 0 Å². The van der Waals surface area contributed by atoms with Crippen molar-refractivity contribution in [2.45, 2.75) is 4.90 Å². The van der Waals surface area contributed by atoms with Crippen molar-refractivity contribution in [3.05, 3.63) is 65.2 Å². The Hall–Kier alpha value is -2.84. The average molecular weight is 336 g/mol. The molecule has 2 aromatic rings. The number of carbonyl (C=O) groups excluding carboxylic acids is 2. The lowest BCUT2D eigenvalue weighted by Crippen LogP contribution is -2.01. The van der Waals surface area contributed by atoms with Crippen LogP contribution in [0.2, 0.25) is 0 Å². The van der Waals surface area contributed by atoms with E-state index in [1.54, 1.807) is 0 Å². The molecule has 0 fully saturated rings. The summed E-state index contributed by atoms with van der Waals surface area (Å²) in [5.41, 5.74) is 0.630. The third-order valence-corrected chi connectivity index (χ3v) is 3.55. The van der Waals surface area contributed by atoms with E-state index in [1.165, 1.54) is 48.5 Å². The number of aromatic carboxylic acids is 1. The van der Waals surface area contributed by atoms with E-state index in [4.69, 9.17) is 9.66 Å². The summed E-state index contributed by atoms with van der Waals surface area (Å²) in [7, 11) is -4.28. The molecule has 0 atom stereocenters. The molecule has 0 amide bonds. The molecule has 0 aliphatic carbocycles. The normalized spacial score (nSPS) is 10.1. The quantitative estimate of drug-likeness (QED) is 0.645. The van der Waals surface area contributed by atoms with Gasteiger partial charge < -0.3 is 5.11 Å². The van der Waals surface area contributed by atoms with Gasteiger partial charge in [0.05, 0.1) is 5.56 Å². The topological polar surface area (TPSA) is 126 Å². The maximum atomic E-state index is 10.6. The highest BCUT2D eigenvalue weighted by molar-refractivity contribution is 7.86. The van der Waals surface area contributed by atoms with Gasteiger partial charge in [-0.3, -0.25) is 14.1 Å². The Morgan fingerprint density at radius 1 is 0.913 bits per heavy atom. The molecule has 0 bridgehead atoms. The Morgan fingerprint density at radius 2 is 1.48 bits per heavy atom. The van der Waals surface area contributed by atoms with Gasteiger partial charge in [-0.25, -0.2) is 4.79 Å². The fourth-order valence-electron chi connectivity index (χ4n) is 1.52. The molecule has 0 aliphatic rings. The molecule has 0 saturated carbocycles. The third kappa shape index (κ3) is 5.46. The lowest BCUT2D eigenvalue weighted by atomic mass is 10.1. The molecule has 7 nitrogen and oxygen atoms in total. The minimum absolute atomic E-state index is 0.0417. The van der Waals surface area contributed by atoms with Crippen molar-refractivity contribution in [2.24, 2.45) is 0 Å². The number of carboxylic acids is 1. The Bertz CT molecular complexity index is 808. The Labute approximate surface area is 131 Å². The lowest BCUT2D eigenvalue weighted by molar-refractivity contribution is 0.0696. The molecule has 0 aliphatic heterocycles. The molecule has 0 aromatic heterocycles. The Kier molecular flexibility index (Phi) is 6.31. The molecule has 0 heterocycles. The van der Waals surface area contributed by atoms with Crippen LogP contribution in [0.4, 0.5) is 0 Å². The van der Waals surface area contributed by atoms with Gasteiger partial charge >= 0.3 is 5.97 Å². The van der Waals surface area contributed by atoms with E-state index < -0.39 is 16.1 Å². The van der Waals surface area contributed by atoms with Crippen LogP contribution in [0.1, 0.15) is 31.1 Å². The highest BCUT2D eigenvalue weighted by atomic mass is 32.2. The van der Waals surface area contributed by atoms with E-state index in [-0.39, 0.29) is 16.0 Å². The van der Waals surface area contributed by atoms with Gasteiger partial charge in [0.2, 0.25) is 0 Å². The molecule has 2 rings (SSSR count). The summed E-state index contributed by atoms with van der Waals surface area (Å²) in [4.78, 5) is 30.4. The maximum absolute atomic E-state index is 10.6. The molecule has 0 unspecified atom stereocenters. The van der Waals surface area contributed by atoms with Crippen molar-refractivity contribution < 1.29 is 32.5 Å². The summed E-state index contributed by atoms with van der Waals surface area (Å²) in [6, 6.07) is 11.1. The van der Waals surface area contributed by atoms with Crippen molar-refractivity contribution in [2.75, 3.05) is 0 Å². The first-order valence-corrected chi connectivity index (χ1v) is 7.54. The van der Waals surface area contributed by atoms with E-state index in [9.17, 15) is 22.8 Å². The van der Waals surface area contributed by atoms with E-state index in [0.717, 1.165) is 0 Å². The van der Waals surface area contributed by atoms with Crippen molar-refractivity contribution in [1.82, 2.24) is 0 Å². The standard InChI is InChI=1S/C8H6O3.C7H6O4S/c9-5-6-1-3-7(4-2-6)8(10)11;8-5-6-3-1-2-4-7(6)12(9,10)11/h1-5H,(H,10,11);1-5H,(H,9,10,11). The summed E-state index contributed by atoms with van der Waals surface area (Å²) in [5, 5.41) is 8.46. The Balaban J connectivity index is 0.000000231. The minimum atomic E-state index is -4.28. The van der Waals surface area contributed by atoms with Crippen LogP contribution < -0.4 is 0 Å². The van der Waals surface area contributed by atoms with Crippen LogP contribution in [0, 0.1) is 0 Å². The molecule has 0 radical (unpaired) electrons. The lowest BCUT2D eigenvalue weighted by Gasteiger charge is -1.98. The van der Waals surface area contributed by atoms with Crippen molar-refractivity contribution >= 4 is 28.7 Å². The van der Waals surface area contributed by atoms with Gasteiger partial charge in [0.25, 0.3) is 10.1 Å². The van der Waals surface area contributed by atoms with Crippen LogP contribution in [0.5, 0.6) is 0 Å². The van der Waals surface area contributed by atoms with Gasteiger partial charge in [-0.1, -0.05) is 30.3 Å². The van der Waals surface area contributed by atoms with E-state index in [0.29, 0.717) is 18.1 Å². The summed E-state index contributed by atoms with van der Waals surface area (Å²) >= 11 is 0. The first-order valence-electron chi connectivity index (χ1n) is 6.10. The Morgan fingerprint density at radius 3 is 1.87 bits per heavy atom. The first kappa shape index (κ1) is 18.2. The van der Waals surface area contributed by atoms with Crippen LogP contribution in [-0.2, 0) is 10.1 Å². The smallest absolute Gasteiger partial charge is 0.335 e. The number of hydrogen-bond donors (Lipinski definition) is 2. The summed E-state index contributed by atoms with van der Waals surface area (Å²) < 4.78 is 29.8.